The Morgan fingerprint density at radius 3 is 2.62 bits per heavy atom. The fraction of sp³-hybridized carbons (Fsp3) is 0.778. The van der Waals surface area contributed by atoms with E-state index in [1.807, 2.05) is 19.9 Å². The lowest BCUT2D eigenvalue weighted by Crippen LogP contribution is -2.35. The van der Waals surface area contributed by atoms with Crippen molar-refractivity contribution in [2.24, 2.45) is 5.92 Å². The second-order valence-corrected chi connectivity index (χ2v) is 3.62. The number of thiol groups is 1. The van der Waals surface area contributed by atoms with Crippen LogP contribution < -0.4 is 0 Å². The highest BCUT2D eigenvalue weighted by molar-refractivity contribution is 7.81. The predicted molar refractivity (Wildman–Crippen MR) is 55.5 cm³/mol. The van der Waals surface area contributed by atoms with E-state index in [9.17, 15) is 4.79 Å². The molecule has 74 valence electrons. The highest BCUT2D eigenvalue weighted by atomic mass is 32.1. The van der Waals surface area contributed by atoms with Crippen molar-refractivity contribution < 1.29 is 4.79 Å². The second kappa shape index (κ2) is 6.79. The van der Waals surface area contributed by atoms with Gasteiger partial charge in [-0.2, -0.15) is 17.9 Å². The molecule has 0 N–H and O–H groups in total. The Bertz CT molecular complexity index is 198. The number of carbonyl (C=O) groups is 1. The molecule has 0 saturated carbocycles. The van der Waals surface area contributed by atoms with Gasteiger partial charge in [-0.15, -0.1) is 0 Å². The van der Waals surface area contributed by atoms with Gasteiger partial charge in [0.1, 0.15) is 0 Å². The van der Waals surface area contributed by atoms with Crippen LogP contribution in [0.15, 0.2) is 0 Å². The highest BCUT2D eigenvalue weighted by Gasteiger charge is 2.12. The van der Waals surface area contributed by atoms with E-state index >= 15 is 0 Å². The van der Waals surface area contributed by atoms with Gasteiger partial charge >= 0.3 is 0 Å². The molecule has 0 aromatic heterocycles. The number of nitrogens with zero attached hydrogens (tertiary/aromatic N) is 2. The summed E-state index contributed by atoms with van der Waals surface area (Å²) in [5.74, 6) is 0.660. The lowest BCUT2D eigenvalue weighted by atomic mass is 10.2. The number of carbonyl (C=O) groups excluding carboxylic acids is 1. The van der Waals surface area contributed by atoms with E-state index in [-0.39, 0.29) is 11.7 Å². The van der Waals surface area contributed by atoms with Crippen molar-refractivity contribution in [1.29, 1.82) is 5.26 Å². The molecule has 0 heterocycles. The van der Waals surface area contributed by atoms with E-state index in [0.29, 0.717) is 25.4 Å². The Morgan fingerprint density at radius 2 is 2.23 bits per heavy atom. The Labute approximate surface area is 85.1 Å². The van der Waals surface area contributed by atoms with Crippen molar-refractivity contribution in [3.05, 3.63) is 0 Å². The summed E-state index contributed by atoms with van der Waals surface area (Å²) >= 11 is 3.93. The van der Waals surface area contributed by atoms with Crippen LogP contribution in [0.2, 0.25) is 0 Å². The Hall–Kier alpha value is -0.690. The first-order valence-electron chi connectivity index (χ1n) is 4.37. The number of nitriles is 1. The first-order chi connectivity index (χ1) is 6.11. The molecule has 3 nitrogen and oxygen atoms in total. The van der Waals surface area contributed by atoms with Gasteiger partial charge in [0.15, 0.2) is 0 Å². The fourth-order valence-electron chi connectivity index (χ4n) is 1.04. The largest absolute Gasteiger partial charge is 0.341 e. The van der Waals surface area contributed by atoms with Gasteiger partial charge in [-0.1, -0.05) is 13.8 Å². The predicted octanol–water partition coefficient (Wildman–Crippen LogP) is 1.31. The summed E-state index contributed by atoms with van der Waals surface area (Å²) in [5, 5.41) is 8.40. The van der Waals surface area contributed by atoms with Crippen LogP contribution >= 0.6 is 12.6 Å². The quantitative estimate of drug-likeness (QED) is 0.680. The number of hydrogen-bond donors (Lipinski definition) is 1. The maximum Gasteiger partial charge on any atom is 0.232 e. The molecule has 0 unspecified atom stereocenters. The summed E-state index contributed by atoms with van der Waals surface area (Å²) in [6.07, 6.45) is 0.395. The minimum Gasteiger partial charge on any atom is -0.341 e. The van der Waals surface area contributed by atoms with Crippen LogP contribution in [0.4, 0.5) is 0 Å². The molecule has 0 aliphatic carbocycles. The molecular formula is C9H16N2OS. The van der Waals surface area contributed by atoms with Crippen molar-refractivity contribution in [2.75, 3.05) is 18.8 Å². The molecule has 1 amide bonds. The van der Waals surface area contributed by atoms with Crippen LogP contribution in [-0.2, 0) is 4.79 Å². The zero-order chi connectivity index (χ0) is 10.3. The van der Waals surface area contributed by atoms with Crippen LogP contribution in [0, 0.1) is 17.2 Å². The van der Waals surface area contributed by atoms with Gasteiger partial charge in [0.2, 0.25) is 5.91 Å². The van der Waals surface area contributed by atoms with Crippen molar-refractivity contribution in [3.63, 3.8) is 0 Å². The highest BCUT2D eigenvalue weighted by Crippen LogP contribution is 2.01. The number of hydrogen-bond acceptors (Lipinski definition) is 3. The molecular weight excluding hydrogens is 184 g/mol. The Kier molecular flexibility index (Phi) is 6.43. The van der Waals surface area contributed by atoms with Gasteiger partial charge < -0.3 is 4.90 Å². The van der Waals surface area contributed by atoms with Gasteiger partial charge in [0, 0.05) is 13.1 Å². The second-order valence-electron chi connectivity index (χ2n) is 3.30. The monoisotopic (exact) mass is 200 g/mol. The van der Waals surface area contributed by atoms with Gasteiger partial charge in [-0.3, -0.25) is 4.79 Å². The maximum absolute atomic E-state index is 11.3. The van der Waals surface area contributed by atoms with Crippen LogP contribution in [0.1, 0.15) is 20.3 Å². The SMILES string of the molecule is CC(C)CN(CCC#N)C(=O)CS. The molecule has 0 bridgehead atoms. The minimum absolute atomic E-state index is 0.00674. The van der Waals surface area contributed by atoms with Crippen molar-refractivity contribution in [3.8, 4) is 6.07 Å². The third kappa shape index (κ3) is 5.53. The first-order valence-corrected chi connectivity index (χ1v) is 5.00. The third-order valence-corrected chi connectivity index (χ3v) is 1.84. The third-order valence-electron chi connectivity index (χ3n) is 1.57. The van der Waals surface area contributed by atoms with E-state index in [1.165, 1.54) is 0 Å². The standard InChI is InChI=1S/C9H16N2OS/c1-8(2)6-11(5-3-4-10)9(12)7-13/h8,13H,3,5-7H2,1-2H3. The van der Waals surface area contributed by atoms with Crippen LogP contribution in [0.5, 0.6) is 0 Å². The van der Waals surface area contributed by atoms with Crippen LogP contribution in [-0.4, -0.2) is 29.6 Å². The smallest absolute Gasteiger partial charge is 0.232 e. The van der Waals surface area contributed by atoms with Crippen molar-refractivity contribution in [1.82, 2.24) is 4.90 Å². The van der Waals surface area contributed by atoms with Gasteiger partial charge in [-0.25, -0.2) is 0 Å². The van der Waals surface area contributed by atoms with E-state index in [0.717, 1.165) is 0 Å². The first kappa shape index (κ1) is 12.3. The molecule has 0 spiro atoms. The summed E-state index contributed by atoms with van der Waals surface area (Å²) in [6.45, 7) is 5.32. The van der Waals surface area contributed by atoms with E-state index in [4.69, 9.17) is 5.26 Å². The molecule has 4 heteroatoms. The average Bonchev–Trinajstić information content (AvgIpc) is 2.10. The maximum atomic E-state index is 11.3. The number of rotatable bonds is 5. The molecule has 0 fully saturated rings. The molecule has 0 saturated heterocycles. The minimum atomic E-state index is 0.00674. The number of amides is 1. The van der Waals surface area contributed by atoms with Crippen molar-refractivity contribution in [2.45, 2.75) is 20.3 Å². The van der Waals surface area contributed by atoms with Gasteiger partial charge in [-0.05, 0) is 5.92 Å². The zero-order valence-electron chi connectivity index (χ0n) is 8.16. The van der Waals surface area contributed by atoms with E-state index in [1.54, 1.807) is 4.90 Å². The molecule has 0 aliphatic rings. The fourth-order valence-corrected chi connectivity index (χ4v) is 1.24. The van der Waals surface area contributed by atoms with Crippen LogP contribution in [0.25, 0.3) is 0 Å². The molecule has 0 aromatic carbocycles. The molecule has 0 radical (unpaired) electrons. The molecule has 13 heavy (non-hydrogen) atoms. The molecule has 0 rings (SSSR count). The normalized spacial score (nSPS) is 9.77. The van der Waals surface area contributed by atoms with E-state index < -0.39 is 0 Å². The van der Waals surface area contributed by atoms with Crippen LogP contribution in [0.3, 0.4) is 0 Å². The summed E-state index contributed by atoms with van der Waals surface area (Å²) in [4.78, 5) is 13.0. The molecule has 0 aromatic rings. The molecule has 0 atom stereocenters. The summed E-state index contributed by atoms with van der Waals surface area (Å²) in [6, 6.07) is 2.03. The topological polar surface area (TPSA) is 44.1 Å². The summed E-state index contributed by atoms with van der Waals surface area (Å²) < 4.78 is 0. The average molecular weight is 200 g/mol. The lowest BCUT2D eigenvalue weighted by Gasteiger charge is -2.22. The van der Waals surface area contributed by atoms with Gasteiger partial charge in [0.25, 0.3) is 0 Å². The van der Waals surface area contributed by atoms with E-state index in [2.05, 4.69) is 12.6 Å². The Balaban J connectivity index is 4.04. The summed E-state index contributed by atoms with van der Waals surface area (Å²) in [5.41, 5.74) is 0. The Morgan fingerprint density at radius 1 is 1.62 bits per heavy atom. The lowest BCUT2D eigenvalue weighted by molar-refractivity contribution is -0.128. The van der Waals surface area contributed by atoms with Crippen molar-refractivity contribution >= 4 is 18.5 Å². The zero-order valence-corrected chi connectivity index (χ0v) is 9.05. The molecule has 0 aliphatic heterocycles. The van der Waals surface area contributed by atoms with Gasteiger partial charge in [0.05, 0.1) is 18.2 Å². The summed E-state index contributed by atoms with van der Waals surface area (Å²) in [7, 11) is 0.